The molecular weight excluding hydrogens is 432 g/mol. The minimum absolute atomic E-state index is 0.0757. The van der Waals surface area contributed by atoms with Crippen LogP contribution in [-0.4, -0.2) is 45.1 Å². The zero-order valence-corrected chi connectivity index (χ0v) is 19.1. The maximum absolute atomic E-state index is 13.0. The van der Waals surface area contributed by atoms with Gasteiger partial charge in [-0.3, -0.25) is 4.79 Å². The van der Waals surface area contributed by atoms with Gasteiger partial charge in [-0.25, -0.2) is 8.42 Å². The van der Waals surface area contributed by atoms with E-state index in [0.717, 1.165) is 5.56 Å². The van der Waals surface area contributed by atoms with Crippen molar-refractivity contribution in [3.8, 4) is 17.2 Å². The molecule has 4 rings (SSSR count). The Balaban J connectivity index is 1.34. The molecule has 172 valence electrons. The van der Waals surface area contributed by atoms with Gasteiger partial charge in [0.2, 0.25) is 22.7 Å². The van der Waals surface area contributed by atoms with E-state index in [1.54, 1.807) is 24.3 Å². The fourth-order valence-electron chi connectivity index (χ4n) is 3.92. The summed E-state index contributed by atoms with van der Waals surface area (Å²) in [5.41, 5.74) is 0.294. The van der Waals surface area contributed by atoms with Crippen LogP contribution in [-0.2, 0) is 21.4 Å². The molecule has 1 fully saturated rings. The molecule has 1 amide bonds. The second kappa shape index (κ2) is 8.99. The Morgan fingerprint density at radius 3 is 2.47 bits per heavy atom. The third-order valence-corrected chi connectivity index (χ3v) is 7.95. The fourth-order valence-corrected chi connectivity index (χ4v) is 5.36. The third kappa shape index (κ3) is 4.54. The average Bonchev–Trinajstić information content (AvgIpc) is 3.26. The largest absolute Gasteiger partial charge is 0.494 e. The number of carbonyl (C=O) groups excluding carboxylic acids is 1. The lowest BCUT2D eigenvalue weighted by Crippen LogP contribution is -2.48. The summed E-state index contributed by atoms with van der Waals surface area (Å²) >= 11 is 0. The Labute approximate surface area is 188 Å². The summed E-state index contributed by atoms with van der Waals surface area (Å²) in [7, 11) is -3.61. The maximum atomic E-state index is 13.0. The average molecular weight is 461 g/mol. The van der Waals surface area contributed by atoms with Crippen molar-refractivity contribution in [2.75, 3.05) is 26.5 Å². The molecular formula is C23H28N2O6S. The van der Waals surface area contributed by atoms with Crippen LogP contribution < -0.4 is 19.5 Å². The van der Waals surface area contributed by atoms with E-state index in [-0.39, 0.29) is 17.6 Å². The van der Waals surface area contributed by atoms with E-state index in [9.17, 15) is 13.2 Å². The molecule has 2 aromatic carbocycles. The van der Waals surface area contributed by atoms with Crippen molar-refractivity contribution >= 4 is 15.9 Å². The molecule has 9 heteroatoms. The molecule has 0 radical (unpaired) electrons. The van der Waals surface area contributed by atoms with Gasteiger partial charge in [-0.05, 0) is 61.7 Å². The summed E-state index contributed by atoms with van der Waals surface area (Å²) < 4.78 is 43.5. The molecule has 0 saturated carbocycles. The highest BCUT2D eigenvalue weighted by atomic mass is 32.2. The molecule has 1 N–H and O–H groups in total. The number of nitrogens with one attached hydrogen (secondary N) is 1. The number of nitrogens with zero attached hydrogens (tertiary/aromatic N) is 1. The normalized spacial score (nSPS) is 17.7. The summed E-state index contributed by atoms with van der Waals surface area (Å²) in [6, 6.07) is 12.0. The van der Waals surface area contributed by atoms with Crippen LogP contribution in [0, 0.1) is 5.41 Å². The van der Waals surface area contributed by atoms with Crippen LogP contribution in [0.3, 0.4) is 0 Å². The minimum atomic E-state index is -3.61. The molecule has 2 aromatic rings. The molecule has 32 heavy (non-hydrogen) atoms. The van der Waals surface area contributed by atoms with E-state index in [1.807, 2.05) is 32.0 Å². The standard InChI is InChI=1S/C23H28N2O6S/c1-3-29-18-5-7-19(8-6-18)32(27,28)25-12-10-23(2,11-13-25)22(26)24-15-17-4-9-20-21(14-17)31-16-30-20/h4-9,14H,3,10-13,15-16H2,1-2H3,(H,24,26). The zero-order valence-electron chi connectivity index (χ0n) is 18.3. The maximum Gasteiger partial charge on any atom is 0.243 e. The van der Waals surface area contributed by atoms with E-state index >= 15 is 0 Å². The highest BCUT2D eigenvalue weighted by Gasteiger charge is 2.40. The first-order chi connectivity index (χ1) is 15.3. The first-order valence-electron chi connectivity index (χ1n) is 10.7. The molecule has 1 saturated heterocycles. The van der Waals surface area contributed by atoms with Gasteiger partial charge >= 0.3 is 0 Å². The van der Waals surface area contributed by atoms with Crippen LogP contribution in [0.25, 0.3) is 0 Å². The number of piperidine rings is 1. The van der Waals surface area contributed by atoms with E-state index in [0.29, 0.717) is 56.3 Å². The second-order valence-electron chi connectivity index (χ2n) is 8.24. The Morgan fingerprint density at radius 1 is 1.09 bits per heavy atom. The van der Waals surface area contributed by atoms with Gasteiger partial charge in [0, 0.05) is 25.0 Å². The summed E-state index contributed by atoms with van der Waals surface area (Å²) in [5, 5.41) is 2.99. The van der Waals surface area contributed by atoms with Gasteiger partial charge in [-0.1, -0.05) is 13.0 Å². The molecule has 0 bridgehead atoms. The van der Waals surface area contributed by atoms with Crippen LogP contribution in [0.4, 0.5) is 0 Å². The molecule has 2 heterocycles. The van der Waals surface area contributed by atoms with Gasteiger partial charge in [0.05, 0.1) is 11.5 Å². The van der Waals surface area contributed by atoms with Crippen LogP contribution in [0.1, 0.15) is 32.3 Å². The fraction of sp³-hybridized carbons (Fsp3) is 0.435. The number of carbonyl (C=O) groups is 1. The lowest BCUT2D eigenvalue weighted by Gasteiger charge is -2.37. The molecule has 0 aliphatic carbocycles. The number of amides is 1. The number of ether oxygens (including phenoxy) is 3. The lowest BCUT2D eigenvalue weighted by molar-refractivity contribution is -0.132. The Hall–Kier alpha value is -2.78. The first kappa shape index (κ1) is 22.4. The highest BCUT2D eigenvalue weighted by molar-refractivity contribution is 7.89. The topological polar surface area (TPSA) is 94.2 Å². The van der Waals surface area contributed by atoms with Gasteiger partial charge in [0.1, 0.15) is 5.75 Å². The Morgan fingerprint density at radius 2 is 1.78 bits per heavy atom. The summed E-state index contributed by atoms with van der Waals surface area (Å²) in [4.78, 5) is 13.1. The summed E-state index contributed by atoms with van der Waals surface area (Å²) in [6.45, 7) is 5.46. The van der Waals surface area contributed by atoms with E-state index in [2.05, 4.69) is 5.32 Å². The van der Waals surface area contributed by atoms with E-state index < -0.39 is 15.4 Å². The van der Waals surface area contributed by atoms with Crippen molar-refractivity contribution < 1.29 is 27.4 Å². The number of benzene rings is 2. The van der Waals surface area contributed by atoms with Crippen LogP contribution >= 0.6 is 0 Å². The van der Waals surface area contributed by atoms with Crippen molar-refractivity contribution in [2.24, 2.45) is 5.41 Å². The molecule has 2 aliphatic heterocycles. The Bertz CT molecular complexity index is 1080. The van der Waals surface area contributed by atoms with Crippen LogP contribution in [0.5, 0.6) is 17.2 Å². The molecule has 8 nitrogen and oxygen atoms in total. The van der Waals surface area contributed by atoms with Gasteiger partial charge in [0.15, 0.2) is 11.5 Å². The molecule has 0 unspecified atom stereocenters. The van der Waals surface area contributed by atoms with Crippen molar-refractivity contribution in [2.45, 2.75) is 38.1 Å². The number of fused-ring (bicyclic) bond motifs is 1. The van der Waals surface area contributed by atoms with Crippen molar-refractivity contribution in [3.63, 3.8) is 0 Å². The summed E-state index contributed by atoms with van der Waals surface area (Å²) in [5.74, 6) is 1.94. The number of sulfonamides is 1. The van der Waals surface area contributed by atoms with Gasteiger partial charge in [-0.15, -0.1) is 0 Å². The predicted octanol–water partition coefficient (Wildman–Crippen LogP) is 2.92. The van der Waals surface area contributed by atoms with Crippen molar-refractivity contribution in [3.05, 3.63) is 48.0 Å². The van der Waals surface area contributed by atoms with E-state index in [1.165, 1.54) is 4.31 Å². The number of rotatable bonds is 7. The molecule has 0 aromatic heterocycles. The Kier molecular flexibility index (Phi) is 6.30. The first-order valence-corrected chi connectivity index (χ1v) is 12.2. The van der Waals surface area contributed by atoms with Crippen molar-refractivity contribution in [1.29, 1.82) is 0 Å². The lowest BCUT2D eigenvalue weighted by atomic mass is 9.80. The second-order valence-corrected chi connectivity index (χ2v) is 10.2. The van der Waals surface area contributed by atoms with Crippen LogP contribution in [0.15, 0.2) is 47.4 Å². The molecule has 0 spiro atoms. The quantitative estimate of drug-likeness (QED) is 0.683. The van der Waals surface area contributed by atoms with Gasteiger partial charge in [-0.2, -0.15) is 4.31 Å². The highest BCUT2D eigenvalue weighted by Crippen LogP contribution is 2.35. The molecule has 2 aliphatic rings. The third-order valence-electron chi connectivity index (χ3n) is 6.04. The minimum Gasteiger partial charge on any atom is -0.494 e. The van der Waals surface area contributed by atoms with Crippen LogP contribution in [0.2, 0.25) is 0 Å². The monoisotopic (exact) mass is 460 g/mol. The summed E-state index contributed by atoms with van der Waals surface area (Å²) in [6.07, 6.45) is 0.909. The number of hydrogen-bond acceptors (Lipinski definition) is 6. The predicted molar refractivity (Wildman–Crippen MR) is 118 cm³/mol. The zero-order chi connectivity index (χ0) is 22.8. The SMILES string of the molecule is CCOc1ccc(S(=O)(=O)N2CCC(C)(C(=O)NCc3ccc4c(c3)OCO4)CC2)cc1. The van der Waals surface area contributed by atoms with Gasteiger partial charge in [0.25, 0.3) is 0 Å². The number of hydrogen-bond donors (Lipinski definition) is 1. The van der Waals surface area contributed by atoms with Crippen molar-refractivity contribution in [1.82, 2.24) is 9.62 Å². The van der Waals surface area contributed by atoms with Gasteiger partial charge < -0.3 is 19.5 Å². The smallest absolute Gasteiger partial charge is 0.243 e. The molecule has 0 atom stereocenters. The van der Waals surface area contributed by atoms with E-state index in [4.69, 9.17) is 14.2 Å².